The summed E-state index contributed by atoms with van der Waals surface area (Å²) in [4.78, 5) is 0.0589. The average Bonchev–Trinajstić information content (AvgIpc) is 2.28. The van der Waals surface area contributed by atoms with Crippen LogP contribution in [0.5, 0.6) is 0 Å². The molecule has 0 N–H and O–H groups in total. The molecule has 0 aliphatic rings. The van der Waals surface area contributed by atoms with E-state index in [2.05, 4.69) is 0 Å². The van der Waals surface area contributed by atoms with Crippen molar-refractivity contribution in [2.75, 3.05) is 5.75 Å². The summed E-state index contributed by atoms with van der Waals surface area (Å²) in [5, 5.41) is 8.87. The maximum Gasteiger partial charge on any atom is 0.179 e. The Labute approximate surface area is 111 Å². The average molecular weight is 292 g/mol. The topological polar surface area (TPSA) is 57.9 Å². The number of benzene rings is 1. The number of nitrogens with zero attached hydrogens (tertiary/aromatic N) is 1. The molecule has 0 radical (unpaired) electrons. The van der Waals surface area contributed by atoms with Crippen LogP contribution in [-0.2, 0) is 9.84 Å². The van der Waals surface area contributed by atoms with Gasteiger partial charge in [0.25, 0.3) is 0 Å². The van der Waals surface area contributed by atoms with Crippen LogP contribution in [0.15, 0.2) is 23.1 Å². The predicted octanol–water partition coefficient (Wildman–Crippen LogP) is 3.46. The van der Waals surface area contributed by atoms with Crippen molar-refractivity contribution in [3.8, 4) is 6.07 Å². The van der Waals surface area contributed by atoms with Gasteiger partial charge in [-0.2, -0.15) is 5.26 Å². The van der Waals surface area contributed by atoms with Crippen molar-refractivity contribution in [1.29, 1.82) is 5.26 Å². The van der Waals surface area contributed by atoms with Crippen LogP contribution in [-0.4, -0.2) is 14.2 Å². The number of unbranched alkanes of at least 4 members (excludes halogenated alkanes) is 2. The van der Waals surface area contributed by atoms with Gasteiger partial charge in [0.2, 0.25) is 0 Å². The first-order chi connectivity index (χ1) is 7.97. The van der Waals surface area contributed by atoms with Crippen LogP contribution in [0.3, 0.4) is 0 Å². The molecule has 3 nitrogen and oxygen atoms in total. The Kier molecular flexibility index (Phi) is 5.26. The molecule has 0 fully saturated rings. The molecule has 0 saturated heterocycles. The first kappa shape index (κ1) is 14.3. The minimum Gasteiger partial charge on any atom is -0.224 e. The number of hydrogen-bond donors (Lipinski definition) is 0. The van der Waals surface area contributed by atoms with E-state index in [1.54, 1.807) is 6.07 Å². The van der Waals surface area contributed by atoms with Crippen LogP contribution < -0.4 is 0 Å². The lowest BCUT2D eigenvalue weighted by Crippen LogP contribution is -2.07. The SMILES string of the molecule is N#CCCCCS(=O)(=O)c1cc(Cl)ccc1Cl. The second kappa shape index (κ2) is 6.25. The van der Waals surface area contributed by atoms with Crippen molar-refractivity contribution in [2.24, 2.45) is 0 Å². The fourth-order valence-corrected chi connectivity index (χ4v) is 3.50. The standard InChI is InChI=1S/C11H11Cl2NO2S/c12-9-4-5-10(13)11(8-9)17(15,16)7-3-1-2-6-14/h4-5,8H,1-3,7H2. The van der Waals surface area contributed by atoms with Crippen molar-refractivity contribution in [3.63, 3.8) is 0 Å². The van der Waals surface area contributed by atoms with E-state index in [-0.39, 0.29) is 15.7 Å². The molecule has 0 bridgehead atoms. The van der Waals surface area contributed by atoms with Crippen molar-refractivity contribution in [3.05, 3.63) is 28.2 Å². The summed E-state index contributed by atoms with van der Waals surface area (Å²) >= 11 is 11.6. The molecule has 92 valence electrons. The molecule has 6 heteroatoms. The maximum absolute atomic E-state index is 11.9. The molecule has 0 heterocycles. The van der Waals surface area contributed by atoms with E-state index in [0.717, 1.165) is 0 Å². The third kappa shape index (κ3) is 4.19. The molecule has 0 aliphatic carbocycles. The highest BCUT2D eigenvalue weighted by atomic mass is 35.5. The van der Waals surface area contributed by atoms with E-state index < -0.39 is 9.84 Å². The number of hydrogen-bond acceptors (Lipinski definition) is 3. The number of nitriles is 1. The van der Waals surface area contributed by atoms with Gasteiger partial charge >= 0.3 is 0 Å². The normalized spacial score (nSPS) is 11.1. The summed E-state index contributed by atoms with van der Waals surface area (Å²) in [6.07, 6.45) is 1.37. The Balaban J connectivity index is 2.83. The zero-order valence-corrected chi connectivity index (χ0v) is 11.3. The molecule has 1 aromatic rings. The van der Waals surface area contributed by atoms with E-state index in [1.807, 2.05) is 6.07 Å². The maximum atomic E-state index is 11.9. The number of rotatable bonds is 5. The van der Waals surface area contributed by atoms with E-state index in [4.69, 9.17) is 28.5 Å². The summed E-state index contributed by atoms with van der Waals surface area (Å²) in [5.41, 5.74) is 0. The van der Waals surface area contributed by atoms with E-state index in [1.165, 1.54) is 12.1 Å². The monoisotopic (exact) mass is 291 g/mol. The van der Waals surface area contributed by atoms with Crippen LogP contribution in [0.4, 0.5) is 0 Å². The largest absolute Gasteiger partial charge is 0.224 e. The molecule has 0 unspecified atom stereocenters. The molecule has 0 atom stereocenters. The smallest absolute Gasteiger partial charge is 0.179 e. The van der Waals surface area contributed by atoms with Gasteiger partial charge in [0.1, 0.15) is 0 Å². The molecular formula is C11H11Cl2NO2S. The quantitative estimate of drug-likeness (QED) is 0.781. The second-order valence-corrected chi connectivity index (χ2v) is 6.43. The first-order valence-electron chi connectivity index (χ1n) is 5.02. The Morgan fingerprint density at radius 2 is 1.94 bits per heavy atom. The lowest BCUT2D eigenvalue weighted by atomic mass is 10.3. The summed E-state index contributed by atoms with van der Waals surface area (Å²) < 4.78 is 23.9. The van der Waals surface area contributed by atoms with Crippen LogP contribution >= 0.6 is 23.2 Å². The van der Waals surface area contributed by atoms with Crippen LogP contribution in [0.2, 0.25) is 10.0 Å². The molecule has 0 aromatic heterocycles. The van der Waals surface area contributed by atoms with Crippen molar-refractivity contribution >= 4 is 33.0 Å². The van der Waals surface area contributed by atoms with Gasteiger partial charge in [0.15, 0.2) is 9.84 Å². The highest BCUT2D eigenvalue weighted by Gasteiger charge is 2.17. The summed E-state index contributed by atoms with van der Waals surface area (Å²) in [7, 11) is -3.42. The Morgan fingerprint density at radius 3 is 2.59 bits per heavy atom. The van der Waals surface area contributed by atoms with Gasteiger partial charge in [-0.25, -0.2) is 8.42 Å². The van der Waals surface area contributed by atoms with Gasteiger partial charge in [-0.1, -0.05) is 23.2 Å². The fourth-order valence-electron chi connectivity index (χ4n) is 1.32. The zero-order valence-electron chi connectivity index (χ0n) is 8.99. The van der Waals surface area contributed by atoms with E-state index in [9.17, 15) is 8.42 Å². The molecular weight excluding hydrogens is 281 g/mol. The van der Waals surface area contributed by atoms with E-state index >= 15 is 0 Å². The molecule has 1 aromatic carbocycles. The molecule has 1 rings (SSSR count). The lowest BCUT2D eigenvalue weighted by molar-refractivity contribution is 0.592. The third-order valence-electron chi connectivity index (χ3n) is 2.18. The van der Waals surface area contributed by atoms with Gasteiger partial charge in [-0.05, 0) is 31.0 Å². The highest BCUT2D eigenvalue weighted by Crippen LogP contribution is 2.26. The Hall–Kier alpha value is -0.760. The van der Waals surface area contributed by atoms with Gasteiger partial charge in [0, 0.05) is 11.4 Å². The van der Waals surface area contributed by atoms with Crippen molar-refractivity contribution in [1.82, 2.24) is 0 Å². The molecule has 0 aliphatic heterocycles. The molecule has 0 amide bonds. The van der Waals surface area contributed by atoms with Crippen LogP contribution in [0.1, 0.15) is 19.3 Å². The van der Waals surface area contributed by atoms with Gasteiger partial charge in [0.05, 0.1) is 21.7 Å². The van der Waals surface area contributed by atoms with Crippen molar-refractivity contribution < 1.29 is 8.42 Å². The van der Waals surface area contributed by atoms with Gasteiger partial charge < -0.3 is 0 Å². The van der Waals surface area contributed by atoms with Gasteiger partial charge in [-0.3, -0.25) is 0 Å². The zero-order chi connectivity index (χ0) is 12.9. The third-order valence-corrected chi connectivity index (χ3v) is 4.69. The van der Waals surface area contributed by atoms with E-state index in [0.29, 0.717) is 24.3 Å². The molecule has 0 spiro atoms. The minimum absolute atomic E-state index is 0.0191. The van der Waals surface area contributed by atoms with Crippen LogP contribution in [0, 0.1) is 11.3 Å². The summed E-state index contributed by atoms with van der Waals surface area (Å²) in [6.45, 7) is 0. The molecule has 0 saturated carbocycles. The van der Waals surface area contributed by atoms with Crippen molar-refractivity contribution in [2.45, 2.75) is 24.2 Å². The first-order valence-corrected chi connectivity index (χ1v) is 7.43. The highest BCUT2D eigenvalue weighted by molar-refractivity contribution is 7.91. The number of sulfone groups is 1. The summed E-state index contributed by atoms with van der Waals surface area (Å²) in [6, 6.07) is 6.33. The van der Waals surface area contributed by atoms with Crippen LogP contribution in [0.25, 0.3) is 0 Å². The number of halogens is 2. The summed E-state index contributed by atoms with van der Waals surface area (Å²) in [5.74, 6) is -0.0191. The Morgan fingerprint density at radius 1 is 1.24 bits per heavy atom. The minimum atomic E-state index is -3.42. The lowest BCUT2D eigenvalue weighted by Gasteiger charge is -2.06. The Bertz CT molecular complexity index is 535. The molecule has 17 heavy (non-hydrogen) atoms. The second-order valence-electron chi connectivity index (χ2n) is 3.51. The predicted molar refractivity (Wildman–Crippen MR) is 68.0 cm³/mol. The van der Waals surface area contributed by atoms with Gasteiger partial charge in [-0.15, -0.1) is 0 Å². The fraction of sp³-hybridized carbons (Fsp3) is 0.364.